The second kappa shape index (κ2) is 4.89. The van der Waals surface area contributed by atoms with Gasteiger partial charge in [-0.25, -0.2) is 9.78 Å². The summed E-state index contributed by atoms with van der Waals surface area (Å²) in [6.07, 6.45) is 2.90. The highest BCUT2D eigenvalue weighted by atomic mass is 35.5. The van der Waals surface area contributed by atoms with Gasteiger partial charge in [0, 0.05) is 12.4 Å². The maximum absolute atomic E-state index is 11.7. The number of hydrogen-bond acceptors (Lipinski definition) is 3. The van der Waals surface area contributed by atoms with Crippen molar-refractivity contribution in [2.24, 2.45) is 0 Å². The summed E-state index contributed by atoms with van der Waals surface area (Å²) in [5.74, 6) is -1.66. The molecule has 2 aromatic rings. The third-order valence-corrected chi connectivity index (χ3v) is 2.51. The zero-order valence-corrected chi connectivity index (χ0v) is 9.73. The van der Waals surface area contributed by atoms with Crippen LogP contribution in [0.4, 0.5) is 5.69 Å². The van der Waals surface area contributed by atoms with Crippen molar-refractivity contribution in [3.05, 3.63) is 47.0 Å². The Bertz CT molecular complexity index is 596. The van der Waals surface area contributed by atoms with Crippen molar-refractivity contribution in [3.63, 3.8) is 0 Å². The first-order valence-corrected chi connectivity index (χ1v) is 5.30. The molecule has 3 N–H and O–H groups in total. The van der Waals surface area contributed by atoms with Gasteiger partial charge in [-0.1, -0.05) is 17.7 Å². The van der Waals surface area contributed by atoms with Crippen LogP contribution in [0.3, 0.4) is 0 Å². The molecule has 0 aliphatic rings. The van der Waals surface area contributed by atoms with Crippen molar-refractivity contribution in [1.29, 1.82) is 0 Å². The SMILES string of the molecule is O=C(Nc1c(Cl)cccc1C(=O)O)c1ncc[nH]1. The van der Waals surface area contributed by atoms with E-state index >= 15 is 0 Å². The van der Waals surface area contributed by atoms with E-state index in [0.29, 0.717) is 0 Å². The fraction of sp³-hybridized carbons (Fsp3) is 0. The van der Waals surface area contributed by atoms with Crippen LogP contribution >= 0.6 is 11.6 Å². The Morgan fingerprint density at radius 1 is 1.39 bits per heavy atom. The minimum atomic E-state index is -1.17. The maximum Gasteiger partial charge on any atom is 0.337 e. The van der Waals surface area contributed by atoms with E-state index in [2.05, 4.69) is 15.3 Å². The van der Waals surface area contributed by atoms with Gasteiger partial charge in [-0.15, -0.1) is 0 Å². The number of nitrogens with zero attached hydrogens (tertiary/aromatic N) is 1. The van der Waals surface area contributed by atoms with E-state index in [9.17, 15) is 9.59 Å². The third-order valence-electron chi connectivity index (χ3n) is 2.20. The summed E-state index contributed by atoms with van der Waals surface area (Å²) in [6, 6.07) is 4.34. The molecule has 6 nitrogen and oxygen atoms in total. The van der Waals surface area contributed by atoms with Gasteiger partial charge in [0.25, 0.3) is 5.91 Å². The Kier molecular flexibility index (Phi) is 3.29. The molecule has 7 heteroatoms. The number of amides is 1. The molecular formula is C11H8ClN3O3. The normalized spacial score (nSPS) is 10.1. The van der Waals surface area contributed by atoms with E-state index in [0.717, 1.165) is 0 Å². The number of carboxylic acid groups (broad SMARTS) is 1. The molecule has 0 saturated heterocycles. The molecule has 0 aliphatic carbocycles. The zero-order chi connectivity index (χ0) is 13.1. The summed E-state index contributed by atoms with van der Waals surface area (Å²) in [7, 11) is 0. The molecule has 0 atom stereocenters. The molecule has 0 unspecified atom stereocenters. The summed E-state index contributed by atoms with van der Waals surface area (Å²) in [5.41, 5.74) is -0.0320. The number of nitrogens with one attached hydrogen (secondary N) is 2. The number of carbonyl (C=O) groups is 2. The van der Waals surface area contributed by atoms with Crippen molar-refractivity contribution < 1.29 is 14.7 Å². The van der Waals surface area contributed by atoms with Gasteiger partial charge in [-0.2, -0.15) is 0 Å². The van der Waals surface area contributed by atoms with Crippen LogP contribution in [-0.4, -0.2) is 27.0 Å². The fourth-order valence-electron chi connectivity index (χ4n) is 1.39. The summed E-state index contributed by atoms with van der Waals surface area (Å²) in [5, 5.41) is 11.6. The molecule has 0 spiro atoms. The van der Waals surface area contributed by atoms with Gasteiger partial charge in [0.2, 0.25) is 0 Å². The van der Waals surface area contributed by atoms with Gasteiger partial charge >= 0.3 is 5.97 Å². The highest BCUT2D eigenvalue weighted by Crippen LogP contribution is 2.26. The van der Waals surface area contributed by atoms with E-state index in [1.807, 2.05) is 0 Å². The number of rotatable bonds is 3. The van der Waals surface area contributed by atoms with Crippen LogP contribution < -0.4 is 5.32 Å². The monoisotopic (exact) mass is 265 g/mol. The van der Waals surface area contributed by atoms with Crippen molar-refractivity contribution in [1.82, 2.24) is 9.97 Å². The molecular weight excluding hydrogens is 258 g/mol. The summed E-state index contributed by atoms with van der Waals surface area (Å²) in [6.45, 7) is 0. The number of carboxylic acids is 1. The number of anilines is 1. The van der Waals surface area contributed by atoms with Crippen molar-refractivity contribution >= 4 is 29.2 Å². The molecule has 1 amide bonds. The highest BCUT2D eigenvalue weighted by Gasteiger charge is 2.17. The lowest BCUT2D eigenvalue weighted by atomic mass is 10.2. The summed E-state index contributed by atoms with van der Waals surface area (Å²) < 4.78 is 0. The molecule has 0 saturated carbocycles. The van der Waals surface area contributed by atoms with E-state index in [1.54, 1.807) is 0 Å². The largest absolute Gasteiger partial charge is 0.478 e. The number of hydrogen-bond donors (Lipinski definition) is 3. The predicted octanol–water partition coefficient (Wildman–Crippen LogP) is 2.01. The lowest BCUT2D eigenvalue weighted by Crippen LogP contribution is -2.16. The Balaban J connectivity index is 2.34. The van der Waals surface area contributed by atoms with Gasteiger partial charge in [-0.3, -0.25) is 4.79 Å². The number of carbonyl (C=O) groups excluding carboxylic acids is 1. The second-order valence-corrected chi connectivity index (χ2v) is 3.77. The fourth-order valence-corrected chi connectivity index (χ4v) is 1.61. The summed E-state index contributed by atoms with van der Waals surface area (Å²) >= 11 is 5.87. The topological polar surface area (TPSA) is 95.1 Å². The molecule has 0 fully saturated rings. The molecule has 1 aromatic carbocycles. The number of halogens is 1. The molecule has 1 aromatic heterocycles. The minimum Gasteiger partial charge on any atom is -0.478 e. The number of benzene rings is 1. The standard InChI is InChI=1S/C11H8ClN3O3/c12-7-3-1-2-6(11(17)18)8(7)15-10(16)9-13-4-5-14-9/h1-5H,(H,13,14)(H,15,16)(H,17,18). The van der Waals surface area contributed by atoms with Crippen LogP contribution in [0.1, 0.15) is 21.0 Å². The van der Waals surface area contributed by atoms with Crippen LogP contribution in [0.15, 0.2) is 30.6 Å². The van der Waals surface area contributed by atoms with E-state index in [1.165, 1.54) is 30.6 Å². The van der Waals surface area contributed by atoms with Gasteiger partial charge in [0.15, 0.2) is 5.82 Å². The number of imidazole rings is 1. The van der Waals surface area contributed by atoms with E-state index in [4.69, 9.17) is 16.7 Å². The van der Waals surface area contributed by atoms with Crippen LogP contribution in [-0.2, 0) is 0 Å². The predicted molar refractivity (Wildman–Crippen MR) is 65.0 cm³/mol. The molecule has 2 rings (SSSR count). The van der Waals surface area contributed by atoms with Crippen LogP contribution in [0, 0.1) is 0 Å². The molecule has 0 radical (unpaired) electrons. The Hall–Kier alpha value is -2.34. The van der Waals surface area contributed by atoms with Crippen molar-refractivity contribution in [3.8, 4) is 0 Å². The highest BCUT2D eigenvalue weighted by molar-refractivity contribution is 6.34. The quantitative estimate of drug-likeness (QED) is 0.791. The Morgan fingerprint density at radius 3 is 2.78 bits per heavy atom. The van der Waals surface area contributed by atoms with Crippen LogP contribution in [0.5, 0.6) is 0 Å². The third kappa shape index (κ3) is 2.33. The Morgan fingerprint density at radius 2 is 2.17 bits per heavy atom. The smallest absolute Gasteiger partial charge is 0.337 e. The molecule has 0 aliphatic heterocycles. The first-order chi connectivity index (χ1) is 8.59. The van der Waals surface area contributed by atoms with Gasteiger partial charge in [0.05, 0.1) is 16.3 Å². The lowest BCUT2D eigenvalue weighted by Gasteiger charge is -2.08. The number of aromatic carboxylic acids is 1. The Labute approximate surface area is 107 Å². The van der Waals surface area contributed by atoms with E-state index < -0.39 is 11.9 Å². The molecule has 0 bridgehead atoms. The molecule has 1 heterocycles. The first-order valence-electron chi connectivity index (χ1n) is 4.92. The maximum atomic E-state index is 11.7. The first kappa shape index (κ1) is 12.1. The number of para-hydroxylation sites is 1. The van der Waals surface area contributed by atoms with Crippen LogP contribution in [0.2, 0.25) is 5.02 Å². The number of aromatic amines is 1. The van der Waals surface area contributed by atoms with Crippen molar-refractivity contribution in [2.75, 3.05) is 5.32 Å². The molecule has 92 valence electrons. The lowest BCUT2D eigenvalue weighted by molar-refractivity contribution is 0.0698. The zero-order valence-electron chi connectivity index (χ0n) is 8.98. The second-order valence-electron chi connectivity index (χ2n) is 3.36. The van der Waals surface area contributed by atoms with Crippen LogP contribution in [0.25, 0.3) is 0 Å². The minimum absolute atomic E-state index is 0.0491. The van der Waals surface area contributed by atoms with Crippen molar-refractivity contribution in [2.45, 2.75) is 0 Å². The van der Waals surface area contributed by atoms with Gasteiger partial charge < -0.3 is 15.4 Å². The van der Waals surface area contributed by atoms with Gasteiger partial charge in [-0.05, 0) is 12.1 Å². The summed E-state index contributed by atoms with van der Waals surface area (Å²) in [4.78, 5) is 29.1. The van der Waals surface area contributed by atoms with E-state index in [-0.39, 0.29) is 22.1 Å². The molecule has 18 heavy (non-hydrogen) atoms. The van der Waals surface area contributed by atoms with Gasteiger partial charge in [0.1, 0.15) is 0 Å². The number of H-pyrrole nitrogens is 1. The number of aromatic nitrogens is 2. The average Bonchev–Trinajstić information content (AvgIpc) is 2.85. The average molecular weight is 266 g/mol.